The van der Waals surface area contributed by atoms with Gasteiger partial charge in [-0.1, -0.05) is 6.42 Å². The third-order valence-electron chi connectivity index (χ3n) is 6.00. The van der Waals surface area contributed by atoms with Crippen LogP contribution >= 0.6 is 35.3 Å². The van der Waals surface area contributed by atoms with Crippen LogP contribution < -0.4 is 10.6 Å². The average molecular weight is 560 g/mol. The van der Waals surface area contributed by atoms with Crippen LogP contribution in [0.5, 0.6) is 0 Å². The number of hydrogen-bond acceptors (Lipinski definition) is 5. The van der Waals surface area contributed by atoms with Crippen LogP contribution in [-0.2, 0) is 12.7 Å². The number of alkyl halides is 3. The summed E-state index contributed by atoms with van der Waals surface area (Å²) < 4.78 is 38.2. The van der Waals surface area contributed by atoms with Crippen LogP contribution in [0.4, 0.5) is 13.2 Å². The Hall–Kier alpha value is -0.660. The summed E-state index contributed by atoms with van der Waals surface area (Å²) in [4.78, 5) is 12.9. The summed E-state index contributed by atoms with van der Waals surface area (Å²) in [6.45, 7) is 5.42. The van der Waals surface area contributed by atoms with Crippen LogP contribution in [0.1, 0.15) is 42.8 Å². The van der Waals surface area contributed by atoms with Crippen molar-refractivity contribution < 1.29 is 13.2 Å². The number of rotatable bonds is 5. The molecule has 2 saturated heterocycles. The zero-order valence-electron chi connectivity index (χ0n) is 17.6. The van der Waals surface area contributed by atoms with Gasteiger partial charge < -0.3 is 15.5 Å². The first-order chi connectivity index (χ1) is 13.8. The SMILES string of the molecule is CN=C(NCc1nc(C(F)(F)F)cs1)NCC1(N2CCCCC2)CCN(C)CC1.I. The molecule has 2 fully saturated rings. The number of nitrogens with zero attached hydrogens (tertiary/aromatic N) is 4. The molecular weight excluding hydrogens is 528 g/mol. The molecular formula is C19H32F3IN6S. The van der Waals surface area contributed by atoms with Crippen LogP contribution in [0.2, 0.25) is 0 Å². The standard InChI is InChI=1S/C19H31F3N6S.HI/c1-23-17(24-12-16-26-15(13-29-16)19(20,21)22)25-14-18(6-10-27(2)11-7-18)28-8-4-3-5-9-28;/h13H,3-12,14H2,1-2H3,(H2,23,24,25);1H. The highest BCUT2D eigenvalue weighted by Gasteiger charge is 2.39. The lowest BCUT2D eigenvalue weighted by atomic mass is 9.84. The predicted octanol–water partition coefficient (Wildman–Crippen LogP) is 3.40. The van der Waals surface area contributed by atoms with Gasteiger partial charge in [0.1, 0.15) is 5.01 Å². The number of halogens is 4. The van der Waals surface area contributed by atoms with E-state index in [2.05, 4.69) is 37.5 Å². The second-order valence-corrected chi connectivity index (χ2v) is 8.92. The van der Waals surface area contributed by atoms with Gasteiger partial charge in [0.15, 0.2) is 11.7 Å². The van der Waals surface area contributed by atoms with E-state index < -0.39 is 11.9 Å². The van der Waals surface area contributed by atoms with Crippen molar-refractivity contribution in [2.24, 2.45) is 4.99 Å². The molecule has 0 aliphatic carbocycles. The molecule has 0 spiro atoms. The van der Waals surface area contributed by atoms with E-state index in [0.717, 1.165) is 62.3 Å². The van der Waals surface area contributed by atoms with Gasteiger partial charge >= 0.3 is 6.18 Å². The highest BCUT2D eigenvalue weighted by Crippen LogP contribution is 2.31. The number of guanidine groups is 1. The Bertz CT molecular complexity index is 682. The number of aliphatic imine (C=N–C) groups is 1. The van der Waals surface area contributed by atoms with Crippen LogP contribution in [0.15, 0.2) is 10.4 Å². The van der Waals surface area contributed by atoms with Gasteiger partial charge in [0, 0.05) is 24.5 Å². The summed E-state index contributed by atoms with van der Waals surface area (Å²) in [5.41, 5.74) is -0.729. The van der Waals surface area contributed by atoms with Gasteiger partial charge in [0.05, 0.1) is 6.54 Å². The van der Waals surface area contributed by atoms with Crippen molar-refractivity contribution in [1.82, 2.24) is 25.4 Å². The number of likely N-dealkylation sites (tertiary alicyclic amines) is 2. The lowest BCUT2D eigenvalue weighted by Crippen LogP contribution is -2.62. The smallest absolute Gasteiger partial charge is 0.355 e. The fourth-order valence-electron chi connectivity index (χ4n) is 4.16. The van der Waals surface area contributed by atoms with Gasteiger partial charge in [-0.25, -0.2) is 4.98 Å². The predicted molar refractivity (Wildman–Crippen MR) is 126 cm³/mol. The van der Waals surface area contributed by atoms with E-state index >= 15 is 0 Å². The largest absolute Gasteiger partial charge is 0.434 e. The van der Waals surface area contributed by atoms with Gasteiger partial charge in [0.2, 0.25) is 0 Å². The van der Waals surface area contributed by atoms with E-state index in [1.54, 1.807) is 7.05 Å². The quantitative estimate of drug-likeness (QED) is 0.329. The van der Waals surface area contributed by atoms with Crippen LogP contribution in [0, 0.1) is 0 Å². The molecule has 1 aromatic rings. The molecule has 0 bridgehead atoms. The van der Waals surface area contributed by atoms with Crippen molar-refractivity contribution >= 4 is 41.3 Å². The molecule has 0 atom stereocenters. The minimum Gasteiger partial charge on any atom is -0.355 e. The van der Waals surface area contributed by atoms with E-state index in [9.17, 15) is 13.2 Å². The van der Waals surface area contributed by atoms with Gasteiger partial charge in [-0.15, -0.1) is 35.3 Å². The van der Waals surface area contributed by atoms with Crippen molar-refractivity contribution in [2.75, 3.05) is 46.8 Å². The summed E-state index contributed by atoms with van der Waals surface area (Å²) in [6.07, 6.45) is 1.61. The highest BCUT2D eigenvalue weighted by molar-refractivity contribution is 14.0. The Labute approximate surface area is 197 Å². The minimum atomic E-state index is -4.40. The second kappa shape index (κ2) is 11.3. The van der Waals surface area contributed by atoms with Crippen molar-refractivity contribution in [2.45, 2.75) is 50.4 Å². The summed E-state index contributed by atoms with van der Waals surface area (Å²) in [6, 6.07) is 0. The third kappa shape index (κ3) is 6.67. The summed E-state index contributed by atoms with van der Waals surface area (Å²) >= 11 is 1.01. The van der Waals surface area contributed by atoms with Crippen molar-refractivity contribution in [3.8, 4) is 0 Å². The van der Waals surface area contributed by atoms with Crippen molar-refractivity contribution in [3.63, 3.8) is 0 Å². The Morgan fingerprint density at radius 2 is 1.83 bits per heavy atom. The first kappa shape index (κ1) is 25.6. The Balaban J connectivity index is 0.00000320. The first-order valence-electron chi connectivity index (χ1n) is 10.2. The Morgan fingerprint density at radius 3 is 2.40 bits per heavy atom. The van der Waals surface area contributed by atoms with Crippen molar-refractivity contribution in [3.05, 3.63) is 16.1 Å². The molecule has 30 heavy (non-hydrogen) atoms. The molecule has 2 aliphatic rings. The van der Waals surface area contributed by atoms with Gasteiger partial charge in [-0.05, 0) is 58.9 Å². The molecule has 1 aromatic heterocycles. The highest BCUT2D eigenvalue weighted by atomic mass is 127. The number of hydrogen-bond donors (Lipinski definition) is 2. The normalized spacial score (nSPS) is 21.2. The van der Waals surface area contributed by atoms with E-state index in [0.29, 0.717) is 11.0 Å². The summed E-state index contributed by atoms with van der Waals surface area (Å²) in [5, 5.41) is 7.99. The maximum Gasteiger partial charge on any atom is 0.434 e. The van der Waals surface area contributed by atoms with Gasteiger partial charge in [0.25, 0.3) is 0 Å². The van der Waals surface area contributed by atoms with E-state index in [1.165, 1.54) is 19.3 Å². The molecule has 172 valence electrons. The van der Waals surface area contributed by atoms with Gasteiger partial charge in [-0.2, -0.15) is 13.2 Å². The summed E-state index contributed by atoms with van der Waals surface area (Å²) in [5.74, 6) is 0.601. The molecule has 0 unspecified atom stereocenters. The molecule has 0 aromatic carbocycles. The number of aromatic nitrogens is 1. The molecule has 11 heteroatoms. The molecule has 0 amide bonds. The zero-order valence-corrected chi connectivity index (χ0v) is 20.7. The van der Waals surface area contributed by atoms with Crippen molar-refractivity contribution in [1.29, 1.82) is 0 Å². The molecule has 2 aliphatic heterocycles. The molecule has 3 rings (SSSR count). The maximum absolute atomic E-state index is 12.7. The first-order valence-corrected chi connectivity index (χ1v) is 11.1. The van der Waals surface area contributed by atoms with Crippen LogP contribution in [0.25, 0.3) is 0 Å². The molecule has 2 N–H and O–H groups in total. The second-order valence-electron chi connectivity index (χ2n) is 7.98. The topological polar surface area (TPSA) is 55.8 Å². The fourth-order valence-corrected chi connectivity index (χ4v) is 4.90. The number of piperidine rings is 2. The Kier molecular flexibility index (Phi) is 9.62. The molecule has 3 heterocycles. The molecule has 0 radical (unpaired) electrons. The fraction of sp³-hybridized carbons (Fsp3) is 0.789. The van der Waals surface area contributed by atoms with Crippen LogP contribution in [-0.4, -0.2) is 73.1 Å². The number of thiazole rings is 1. The monoisotopic (exact) mass is 560 g/mol. The molecule has 6 nitrogen and oxygen atoms in total. The van der Waals surface area contributed by atoms with Gasteiger partial charge in [-0.3, -0.25) is 9.89 Å². The van der Waals surface area contributed by atoms with E-state index in [-0.39, 0.29) is 36.1 Å². The zero-order chi connectivity index (χ0) is 20.9. The summed E-state index contributed by atoms with van der Waals surface area (Å²) in [7, 11) is 3.85. The molecule has 0 saturated carbocycles. The number of nitrogens with one attached hydrogen (secondary N) is 2. The third-order valence-corrected chi connectivity index (χ3v) is 6.85. The maximum atomic E-state index is 12.7. The lowest BCUT2D eigenvalue weighted by Gasteiger charge is -2.50. The van der Waals surface area contributed by atoms with E-state index in [1.807, 2.05) is 0 Å². The Morgan fingerprint density at radius 1 is 1.17 bits per heavy atom. The van der Waals surface area contributed by atoms with E-state index in [4.69, 9.17) is 0 Å². The van der Waals surface area contributed by atoms with Crippen LogP contribution in [0.3, 0.4) is 0 Å². The average Bonchev–Trinajstić information content (AvgIpc) is 3.20. The lowest BCUT2D eigenvalue weighted by molar-refractivity contribution is -0.140. The minimum absolute atomic E-state index is 0.